The van der Waals surface area contributed by atoms with Crippen LogP contribution in [0.2, 0.25) is 0 Å². The lowest BCUT2D eigenvalue weighted by Crippen LogP contribution is -2.41. The topological polar surface area (TPSA) is 62.2 Å². The zero-order valence-electron chi connectivity index (χ0n) is 21.2. The van der Waals surface area contributed by atoms with Crippen LogP contribution in [0, 0.1) is 11.6 Å². The summed E-state index contributed by atoms with van der Waals surface area (Å²) >= 11 is 0. The van der Waals surface area contributed by atoms with Crippen molar-refractivity contribution in [1.82, 2.24) is 9.80 Å². The molecule has 0 aliphatic carbocycles. The molecule has 0 unspecified atom stereocenters. The second-order valence-electron chi connectivity index (χ2n) is 9.31. The molecular weight excluding hydrogens is 478 g/mol. The predicted molar refractivity (Wildman–Crippen MR) is 137 cm³/mol. The Hall–Kier alpha value is -3.49. The molecule has 3 aromatic rings. The average molecular weight is 511 g/mol. The van der Waals surface area contributed by atoms with Crippen molar-refractivity contribution in [2.24, 2.45) is 0 Å². The summed E-state index contributed by atoms with van der Waals surface area (Å²) in [4.78, 5) is 18.0. The summed E-state index contributed by atoms with van der Waals surface area (Å²) in [6.07, 6.45) is 0.253. The van der Waals surface area contributed by atoms with Gasteiger partial charge in [-0.05, 0) is 53.9 Å². The van der Waals surface area contributed by atoms with Crippen molar-refractivity contribution in [3.63, 3.8) is 0 Å². The summed E-state index contributed by atoms with van der Waals surface area (Å²) in [5.41, 5.74) is 1.99. The highest BCUT2D eigenvalue weighted by Crippen LogP contribution is 2.36. The first kappa shape index (κ1) is 26.6. The lowest BCUT2D eigenvalue weighted by atomic mass is 9.89. The smallest absolute Gasteiger partial charge is 0.234 e. The number of likely N-dealkylation sites (N-methyl/N-ethyl adjacent to an activating group) is 1. The second-order valence-corrected chi connectivity index (χ2v) is 9.31. The maximum Gasteiger partial charge on any atom is 0.234 e. The highest BCUT2D eigenvalue weighted by Gasteiger charge is 2.34. The molecule has 196 valence electrons. The number of aliphatic hydroxyl groups excluding tert-OH is 1. The van der Waals surface area contributed by atoms with Crippen LogP contribution in [0.4, 0.5) is 8.78 Å². The fourth-order valence-electron chi connectivity index (χ4n) is 4.89. The normalized spacial score (nSPS) is 16.6. The van der Waals surface area contributed by atoms with Crippen molar-refractivity contribution in [1.29, 1.82) is 0 Å². The van der Waals surface area contributed by atoms with Gasteiger partial charge >= 0.3 is 0 Å². The van der Waals surface area contributed by atoms with Gasteiger partial charge in [-0.25, -0.2) is 8.78 Å². The Morgan fingerprint density at radius 1 is 1.00 bits per heavy atom. The number of aliphatic hydroxyl groups is 1. The number of ether oxygens (including phenoxy) is 2. The number of carbonyl (C=O) groups excluding carboxylic acids is 1. The monoisotopic (exact) mass is 510 g/mol. The average Bonchev–Trinajstić information content (AvgIpc) is 3.33. The van der Waals surface area contributed by atoms with Crippen molar-refractivity contribution in [3.05, 3.63) is 95.1 Å². The van der Waals surface area contributed by atoms with E-state index < -0.39 is 29.7 Å². The quantitative estimate of drug-likeness (QED) is 0.463. The van der Waals surface area contributed by atoms with Crippen molar-refractivity contribution >= 4 is 5.91 Å². The first-order valence-electron chi connectivity index (χ1n) is 12.2. The van der Waals surface area contributed by atoms with Crippen LogP contribution in [0.15, 0.2) is 66.7 Å². The maximum absolute atomic E-state index is 14.2. The van der Waals surface area contributed by atoms with E-state index in [1.54, 1.807) is 56.5 Å². The molecule has 0 spiro atoms. The van der Waals surface area contributed by atoms with Gasteiger partial charge < -0.3 is 19.5 Å². The number of carbonyl (C=O) groups is 1. The molecule has 1 amide bonds. The summed E-state index contributed by atoms with van der Waals surface area (Å²) in [6.45, 7) is 1.69. The zero-order valence-corrected chi connectivity index (χ0v) is 21.2. The van der Waals surface area contributed by atoms with E-state index in [-0.39, 0.29) is 5.91 Å². The summed E-state index contributed by atoms with van der Waals surface area (Å²) < 4.78 is 38.5. The molecule has 4 rings (SSSR count). The summed E-state index contributed by atoms with van der Waals surface area (Å²) in [5.74, 6) is -0.626. The molecule has 1 fully saturated rings. The number of methoxy groups -OCH3 is 2. The number of likely N-dealkylation sites (tertiary alicyclic amines) is 1. The van der Waals surface area contributed by atoms with Crippen molar-refractivity contribution in [3.8, 4) is 11.5 Å². The summed E-state index contributed by atoms with van der Waals surface area (Å²) in [7, 11) is 4.86. The second kappa shape index (κ2) is 11.7. The van der Waals surface area contributed by atoms with Gasteiger partial charge in [0.15, 0.2) is 0 Å². The number of nitrogens with zero attached hydrogens (tertiary/aromatic N) is 2. The van der Waals surface area contributed by atoms with E-state index >= 15 is 0 Å². The Labute approximate surface area is 216 Å². The van der Waals surface area contributed by atoms with Crippen LogP contribution < -0.4 is 9.47 Å². The number of β-amino-alcohol motifs (C(OH)–C–C–N with tert-alkyl or cyclic N) is 1. The van der Waals surface area contributed by atoms with E-state index in [4.69, 9.17) is 9.47 Å². The zero-order chi connectivity index (χ0) is 26.5. The van der Waals surface area contributed by atoms with Gasteiger partial charge in [-0.1, -0.05) is 24.3 Å². The number of hydrogen-bond donors (Lipinski definition) is 1. The number of rotatable bonds is 9. The lowest BCUT2D eigenvalue weighted by molar-refractivity contribution is -0.133. The van der Waals surface area contributed by atoms with E-state index in [1.807, 2.05) is 12.1 Å². The van der Waals surface area contributed by atoms with E-state index in [9.17, 15) is 18.7 Å². The standard InChI is InChI=1S/C29H32F2N2O4/c1-32(29(35)28(19-4-8-21(30)9-5-19)20-6-10-22(31)11-7-20)26(18-33-15-14-23(34)17-33)25-13-12-24(36-2)16-27(25)37-3/h4-13,16,23,26,28,34H,14-15,17-18H2,1-3H3/t23-,26+/m0/s1. The third-order valence-electron chi connectivity index (χ3n) is 6.95. The molecule has 1 aliphatic heterocycles. The van der Waals surface area contributed by atoms with E-state index in [0.717, 1.165) is 5.56 Å². The fraction of sp³-hybridized carbons (Fsp3) is 0.345. The summed E-state index contributed by atoms with van der Waals surface area (Å²) in [6, 6.07) is 16.6. The van der Waals surface area contributed by atoms with Gasteiger partial charge in [0.2, 0.25) is 5.91 Å². The molecule has 1 saturated heterocycles. The molecule has 0 saturated carbocycles. The molecule has 0 radical (unpaired) electrons. The summed E-state index contributed by atoms with van der Waals surface area (Å²) in [5, 5.41) is 10.1. The molecule has 1 N–H and O–H groups in total. The van der Waals surface area contributed by atoms with Crippen molar-refractivity contribution in [2.75, 3.05) is 40.9 Å². The molecule has 3 aromatic carbocycles. The Kier molecular flexibility index (Phi) is 8.41. The van der Waals surface area contributed by atoms with Crippen LogP contribution in [0.3, 0.4) is 0 Å². The number of benzene rings is 3. The Morgan fingerprint density at radius 2 is 1.59 bits per heavy atom. The molecule has 6 nitrogen and oxygen atoms in total. The predicted octanol–water partition coefficient (Wildman–Crippen LogP) is 4.38. The minimum absolute atomic E-state index is 0.235. The van der Waals surface area contributed by atoms with Gasteiger partial charge in [0.1, 0.15) is 23.1 Å². The highest BCUT2D eigenvalue weighted by atomic mass is 19.1. The molecule has 8 heteroatoms. The van der Waals surface area contributed by atoms with Gasteiger partial charge in [0, 0.05) is 38.3 Å². The van der Waals surface area contributed by atoms with Crippen LogP contribution in [0.1, 0.15) is 35.1 Å². The van der Waals surface area contributed by atoms with Gasteiger partial charge in [0.05, 0.1) is 32.3 Å². The van der Waals surface area contributed by atoms with E-state index in [0.29, 0.717) is 48.7 Å². The van der Waals surface area contributed by atoms with Crippen molar-refractivity contribution in [2.45, 2.75) is 24.5 Å². The third-order valence-corrected chi connectivity index (χ3v) is 6.95. The van der Waals surface area contributed by atoms with Crippen LogP contribution in [-0.2, 0) is 4.79 Å². The lowest BCUT2D eigenvalue weighted by Gasteiger charge is -2.35. The van der Waals surface area contributed by atoms with E-state index in [1.165, 1.54) is 24.3 Å². The third kappa shape index (κ3) is 6.09. The Bertz CT molecular complexity index is 1160. The SMILES string of the molecule is COc1ccc([C@@H](CN2CC[C@H](O)C2)N(C)C(=O)C(c2ccc(F)cc2)c2ccc(F)cc2)c(OC)c1. The molecule has 2 atom stereocenters. The minimum Gasteiger partial charge on any atom is -0.497 e. The van der Waals surface area contributed by atoms with Crippen LogP contribution in [0.25, 0.3) is 0 Å². The highest BCUT2D eigenvalue weighted by molar-refractivity contribution is 5.87. The first-order valence-corrected chi connectivity index (χ1v) is 12.2. The Morgan fingerprint density at radius 3 is 2.08 bits per heavy atom. The largest absolute Gasteiger partial charge is 0.497 e. The molecule has 0 bridgehead atoms. The Balaban J connectivity index is 1.75. The van der Waals surface area contributed by atoms with Crippen LogP contribution in [-0.4, -0.2) is 67.8 Å². The van der Waals surface area contributed by atoms with Crippen LogP contribution >= 0.6 is 0 Å². The van der Waals surface area contributed by atoms with Gasteiger partial charge in [-0.15, -0.1) is 0 Å². The van der Waals surface area contributed by atoms with Crippen LogP contribution in [0.5, 0.6) is 11.5 Å². The van der Waals surface area contributed by atoms with E-state index in [2.05, 4.69) is 4.90 Å². The maximum atomic E-state index is 14.2. The first-order chi connectivity index (χ1) is 17.8. The van der Waals surface area contributed by atoms with Gasteiger partial charge in [-0.2, -0.15) is 0 Å². The molecular formula is C29H32F2N2O4. The number of hydrogen-bond acceptors (Lipinski definition) is 5. The number of amides is 1. The molecule has 0 aromatic heterocycles. The molecule has 1 aliphatic rings. The minimum atomic E-state index is -0.776. The molecule has 37 heavy (non-hydrogen) atoms. The van der Waals surface area contributed by atoms with Gasteiger partial charge in [-0.3, -0.25) is 9.69 Å². The fourth-order valence-corrected chi connectivity index (χ4v) is 4.89. The van der Waals surface area contributed by atoms with Crippen molar-refractivity contribution < 1.29 is 28.2 Å². The van der Waals surface area contributed by atoms with Gasteiger partial charge in [0.25, 0.3) is 0 Å². The number of halogens is 2. The molecule has 1 heterocycles.